The SMILES string of the molecule is CN=CC(=CN)c1ccc(N)c(C(=N)c2cc3cc(CNCCOC)ccc3[nH]2)c1. The van der Waals surface area contributed by atoms with Gasteiger partial charge in [0.15, 0.2) is 0 Å². The molecule has 0 atom stereocenters. The molecular weight excluding hydrogens is 376 g/mol. The lowest BCUT2D eigenvalue weighted by atomic mass is 9.99. The molecule has 0 aliphatic rings. The standard InChI is InChI=1S/C23H28N6O/c1-27-14-18(12-24)16-4-5-20(25)19(10-16)23(26)22-11-17-9-15(3-6-21(17)29-22)13-28-7-8-30-2/h3-6,9-12,14,26,28-29H,7-8,13,24-25H2,1-2H3. The number of ether oxygens (including phenoxy) is 1. The van der Waals surface area contributed by atoms with Crippen LogP contribution in [-0.4, -0.2) is 44.2 Å². The number of hydrogen-bond acceptors (Lipinski definition) is 6. The molecule has 0 amide bonds. The van der Waals surface area contributed by atoms with Gasteiger partial charge in [0.1, 0.15) is 0 Å². The molecule has 0 fully saturated rings. The van der Waals surface area contributed by atoms with Crippen molar-refractivity contribution in [2.24, 2.45) is 10.7 Å². The first kappa shape index (κ1) is 21.3. The van der Waals surface area contributed by atoms with Gasteiger partial charge in [0.25, 0.3) is 0 Å². The minimum Gasteiger partial charge on any atom is -0.404 e. The normalized spacial score (nSPS) is 12.1. The fourth-order valence-electron chi connectivity index (χ4n) is 3.28. The van der Waals surface area contributed by atoms with Crippen LogP contribution < -0.4 is 16.8 Å². The lowest BCUT2D eigenvalue weighted by molar-refractivity contribution is 0.199. The van der Waals surface area contributed by atoms with E-state index in [1.165, 1.54) is 11.8 Å². The number of allylic oxidation sites excluding steroid dienone is 1. The fourth-order valence-corrected chi connectivity index (χ4v) is 3.28. The minimum atomic E-state index is 0.329. The van der Waals surface area contributed by atoms with E-state index in [0.717, 1.165) is 35.1 Å². The van der Waals surface area contributed by atoms with E-state index in [2.05, 4.69) is 27.4 Å². The average molecular weight is 405 g/mol. The molecule has 3 aromatic rings. The number of H-pyrrole nitrogens is 1. The van der Waals surface area contributed by atoms with E-state index in [1.807, 2.05) is 24.3 Å². The molecule has 0 saturated carbocycles. The van der Waals surface area contributed by atoms with Gasteiger partial charge in [-0.3, -0.25) is 10.4 Å². The van der Waals surface area contributed by atoms with Crippen LogP contribution in [0.2, 0.25) is 0 Å². The average Bonchev–Trinajstić information content (AvgIpc) is 3.18. The van der Waals surface area contributed by atoms with Crippen molar-refractivity contribution in [3.63, 3.8) is 0 Å². The molecule has 0 aliphatic heterocycles. The quantitative estimate of drug-likeness (QED) is 0.214. The fraction of sp³-hybridized carbons (Fsp3) is 0.217. The Kier molecular flexibility index (Phi) is 7.00. The third-order valence-corrected chi connectivity index (χ3v) is 4.87. The zero-order valence-corrected chi connectivity index (χ0v) is 17.3. The van der Waals surface area contributed by atoms with Crippen LogP contribution in [0.4, 0.5) is 5.69 Å². The summed E-state index contributed by atoms with van der Waals surface area (Å²) in [7, 11) is 3.38. The second-order valence-electron chi connectivity index (χ2n) is 6.96. The first-order valence-corrected chi connectivity index (χ1v) is 9.72. The zero-order chi connectivity index (χ0) is 21.5. The van der Waals surface area contributed by atoms with Gasteiger partial charge in [0.2, 0.25) is 0 Å². The molecule has 0 saturated heterocycles. The second-order valence-corrected chi connectivity index (χ2v) is 6.96. The molecule has 1 heterocycles. The van der Waals surface area contributed by atoms with Gasteiger partial charge < -0.3 is 26.5 Å². The van der Waals surface area contributed by atoms with Gasteiger partial charge in [0.05, 0.1) is 18.0 Å². The zero-order valence-electron chi connectivity index (χ0n) is 17.3. The highest BCUT2D eigenvalue weighted by Crippen LogP contribution is 2.24. The summed E-state index contributed by atoms with van der Waals surface area (Å²) in [6, 6.07) is 13.7. The van der Waals surface area contributed by atoms with Crippen molar-refractivity contribution < 1.29 is 4.74 Å². The van der Waals surface area contributed by atoms with Crippen molar-refractivity contribution in [1.82, 2.24) is 10.3 Å². The largest absolute Gasteiger partial charge is 0.404 e. The molecule has 7 nitrogen and oxygen atoms in total. The predicted molar refractivity (Wildman–Crippen MR) is 125 cm³/mol. The van der Waals surface area contributed by atoms with Gasteiger partial charge in [-0.2, -0.15) is 0 Å². The van der Waals surface area contributed by atoms with Crippen molar-refractivity contribution in [1.29, 1.82) is 5.41 Å². The first-order valence-electron chi connectivity index (χ1n) is 9.72. The van der Waals surface area contributed by atoms with Crippen molar-refractivity contribution in [2.45, 2.75) is 6.54 Å². The van der Waals surface area contributed by atoms with E-state index >= 15 is 0 Å². The third-order valence-electron chi connectivity index (χ3n) is 4.87. The Labute approximate surface area is 176 Å². The Morgan fingerprint density at radius 1 is 1.23 bits per heavy atom. The minimum absolute atomic E-state index is 0.329. The Bertz CT molecular complexity index is 1100. The lowest BCUT2D eigenvalue weighted by Crippen LogP contribution is -2.18. The van der Waals surface area contributed by atoms with Crippen molar-refractivity contribution in [3.8, 4) is 0 Å². The second kappa shape index (κ2) is 9.87. The van der Waals surface area contributed by atoms with E-state index in [4.69, 9.17) is 21.6 Å². The van der Waals surface area contributed by atoms with E-state index in [-0.39, 0.29) is 0 Å². The Balaban J connectivity index is 1.87. The lowest BCUT2D eigenvalue weighted by Gasteiger charge is -2.09. The molecule has 156 valence electrons. The number of fused-ring (bicyclic) bond motifs is 1. The van der Waals surface area contributed by atoms with Crippen molar-refractivity contribution in [2.75, 3.05) is 33.0 Å². The number of rotatable bonds is 9. The summed E-state index contributed by atoms with van der Waals surface area (Å²) in [5, 5.41) is 13.1. The van der Waals surface area contributed by atoms with E-state index in [1.54, 1.807) is 26.4 Å². The van der Waals surface area contributed by atoms with Crippen LogP contribution in [0.25, 0.3) is 16.5 Å². The third kappa shape index (κ3) is 4.76. The van der Waals surface area contributed by atoms with Crippen LogP contribution in [0.5, 0.6) is 0 Å². The van der Waals surface area contributed by atoms with Crippen LogP contribution in [0, 0.1) is 5.41 Å². The van der Waals surface area contributed by atoms with Crippen molar-refractivity contribution >= 4 is 34.1 Å². The maximum atomic E-state index is 8.73. The summed E-state index contributed by atoms with van der Waals surface area (Å²) in [5.74, 6) is 0. The number of aromatic amines is 1. The highest BCUT2D eigenvalue weighted by atomic mass is 16.5. The molecule has 0 unspecified atom stereocenters. The van der Waals surface area contributed by atoms with Gasteiger partial charge in [0, 0.05) is 67.4 Å². The number of benzene rings is 2. The molecule has 7 heteroatoms. The number of nitrogens with two attached hydrogens (primary N) is 2. The topological polar surface area (TPSA) is 125 Å². The van der Waals surface area contributed by atoms with Crippen LogP contribution in [0.15, 0.2) is 53.7 Å². The molecule has 0 bridgehead atoms. The van der Waals surface area contributed by atoms with Crippen LogP contribution >= 0.6 is 0 Å². The maximum absolute atomic E-state index is 8.73. The van der Waals surface area contributed by atoms with Gasteiger partial charge in [-0.1, -0.05) is 12.1 Å². The van der Waals surface area contributed by atoms with E-state index in [9.17, 15) is 0 Å². The van der Waals surface area contributed by atoms with E-state index < -0.39 is 0 Å². The van der Waals surface area contributed by atoms with Gasteiger partial charge in [-0.25, -0.2) is 0 Å². The number of aromatic nitrogens is 1. The smallest absolute Gasteiger partial charge is 0.0868 e. The molecule has 0 radical (unpaired) electrons. The van der Waals surface area contributed by atoms with Crippen LogP contribution in [-0.2, 0) is 11.3 Å². The van der Waals surface area contributed by atoms with Gasteiger partial charge in [-0.15, -0.1) is 0 Å². The maximum Gasteiger partial charge on any atom is 0.0868 e. The number of nitrogen functional groups attached to an aromatic ring is 1. The van der Waals surface area contributed by atoms with Crippen LogP contribution in [0.3, 0.4) is 0 Å². The molecular formula is C23H28N6O. The molecule has 2 aromatic carbocycles. The molecule has 1 aromatic heterocycles. The van der Waals surface area contributed by atoms with Crippen molar-refractivity contribution in [3.05, 3.63) is 71.0 Å². The number of anilines is 1. The summed E-state index contributed by atoms with van der Waals surface area (Å²) in [6.45, 7) is 2.24. The molecule has 3 rings (SSSR count). The molecule has 0 aliphatic carbocycles. The summed E-state index contributed by atoms with van der Waals surface area (Å²) >= 11 is 0. The predicted octanol–water partition coefficient (Wildman–Crippen LogP) is 2.90. The summed E-state index contributed by atoms with van der Waals surface area (Å²) < 4.78 is 5.06. The Morgan fingerprint density at radius 3 is 2.80 bits per heavy atom. The highest BCUT2D eigenvalue weighted by molar-refractivity contribution is 6.16. The molecule has 7 N–H and O–H groups in total. The number of methoxy groups -OCH3 is 1. The summed E-state index contributed by atoms with van der Waals surface area (Å²) in [4.78, 5) is 7.36. The summed E-state index contributed by atoms with van der Waals surface area (Å²) in [5.41, 5.74) is 17.9. The Hall–Kier alpha value is -3.42. The number of nitrogens with one attached hydrogen (secondary N) is 3. The summed E-state index contributed by atoms with van der Waals surface area (Å²) in [6.07, 6.45) is 3.18. The highest BCUT2D eigenvalue weighted by Gasteiger charge is 2.13. The van der Waals surface area contributed by atoms with Gasteiger partial charge >= 0.3 is 0 Å². The van der Waals surface area contributed by atoms with Crippen LogP contribution in [0.1, 0.15) is 22.4 Å². The van der Waals surface area contributed by atoms with Gasteiger partial charge in [-0.05, 0) is 41.5 Å². The number of hydrogen-bond donors (Lipinski definition) is 5. The monoisotopic (exact) mass is 404 g/mol. The molecule has 30 heavy (non-hydrogen) atoms. The molecule has 0 spiro atoms. The number of aliphatic imine (C=N–C) groups is 1. The number of nitrogens with zero attached hydrogens (tertiary/aromatic N) is 1. The van der Waals surface area contributed by atoms with E-state index in [0.29, 0.717) is 29.3 Å². The first-order chi connectivity index (χ1) is 14.6. The Morgan fingerprint density at radius 2 is 2.07 bits per heavy atom.